The maximum Gasteiger partial charge on any atom is 0.243 e. The zero-order valence-corrected chi connectivity index (χ0v) is 19.1. The fourth-order valence-corrected chi connectivity index (χ4v) is 5.39. The van der Waals surface area contributed by atoms with E-state index in [1.807, 2.05) is 0 Å². The first kappa shape index (κ1) is 23.1. The standard InChI is InChI=1S/C21H23FN4O3S2/c1-4-26(5-2)31(28,29)16-10-8-9-15(13-16)20-23-24-21(25(20)3)30-14-19(27)17-11-6-7-12-18(17)22/h6-13H,4-5,14H2,1-3H3. The molecule has 0 unspecified atom stereocenters. The largest absolute Gasteiger partial charge is 0.305 e. The molecule has 0 saturated carbocycles. The summed E-state index contributed by atoms with van der Waals surface area (Å²) in [6.45, 7) is 4.34. The SMILES string of the molecule is CCN(CC)S(=O)(=O)c1cccc(-c2nnc(SCC(=O)c3ccccc3F)n2C)c1. The molecule has 0 spiro atoms. The van der Waals surface area contributed by atoms with Crippen LogP contribution < -0.4 is 0 Å². The number of carbonyl (C=O) groups is 1. The Bertz CT molecular complexity index is 1190. The zero-order valence-electron chi connectivity index (χ0n) is 17.4. The highest BCUT2D eigenvalue weighted by atomic mass is 32.2. The van der Waals surface area contributed by atoms with Crippen LogP contribution in [0.1, 0.15) is 24.2 Å². The summed E-state index contributed by atoms with van der Waals surface area (Å²) in [4.78, 5) is 12.5. The topological polar surface area (TPSA) is 85.2 Å². The van der Waals surface area contributed by atoms with Crippen molar-refractivity contribution in [2.24, 2.45) is 7.05 Å². The number of sulfonamides is 1. The van der Waals surface area contributed by atoms with Crippen LogP contribution in [0, 0.1) is 5.82 Å². The monoisotopic (exact) mass is 462 g/mol. The number of thioether (sulfide) groups is 1. The van der Waals surface area contributed by atoms with Crippen LogP contribution in [0.2, 0.25) is 0 Å². The Labute approximate surface area is 185 Å². The second-order valence-corrected chi connectivity index (χ2v) is 9.55. The van der Waals surface area contributed by atoms with Crippen molar-refractivity contribution >= 4 is 27.6 Å². The van der Waals surface area contributed by atoms with Crippen LogP contribution in [0.3, 0.4) is 0 Å². The number of hydrogen-bond donors (Lipinski definition) is 0. The van der Waals surface area contributed by atoms with Gasteiger partial charge in [0.05, 0.1) is 16.2 Å². The molecule has 0 aliphatic carbocycles. The van der Waals surface area contributed by atoms with Gasteiger partial charge in [-0.05, 0) is 24.3 Å². The first-order chi connectivity index (χ1) is 14.8. The summed E-state index contributed by atoms with van der Waals surface area (Å²) in [6, 6.07) is 12.4. The van der Waals surface area contributed by atoms with E-state index in [1.54, 1.807) is 55.8 Å². The maximum absolute atomic E-state index is 13.8. The van der Waals surface area contributed by atoms with E-state index in [0.717, 1.165) is 11.8 Å². The van der Waals surface area contributed by atoms with Gasteiger partial charge in [-0.1, -0.05) is 49.9 Å². The van der Waals surface area contributed by atoms with Crippen LogP contribution >= 0.6 is 11.8 Å². The molecular weight excluding hydrogens is 439 g/mol. The highest BCUT2D eigenvalue weighted by molar-refractivity contribution is 7.99. The lowest BCUT2D eigenvalue weighted by molar-refractivity contribution is 0.101. The molecule has 3 aromatic rings. The molecule has 0 aliphatic rings. The fourth-order valence-electron chi connectivity index (χ4n) is 3.10. The van der Waals surface area contributed by atoms with E-state index in [1.165, 1.54) is 22.5 Å². The van der Waals surface area contributed by atoms with Crippen molar-refractivity contribution in [3.63, 3.8) is 0 Å². The number of carbonyl (C=O) groups excluding carboxylic acids is 1. The van der Waals surface area contributed by atoms with E-state index in [2.05, 4.69) is 10.2 Å². The number of rotatable bonds is 9. The molecular formula is C21H23FN4O3S2. The number of ketones is 1. The minimum Gasteiger partial charge on any atom is -0.305 e. The number of nitrogens with zero attached hydrogens (tertiary/aromatic N) is 4. The molecule has 0 amide bonds. The summed E-state index contributed by atoms with van der Waals surface area (Å²) in [7, 11) is -1.87. The van der Waals surface area contributed by atoms with E-state index < -0.39 is 15.8 Å². The van der Waals surface area contributed by atoms with Gasteiger partial charge in [-0.25, -0.2) is 12.8 Å². The summed E-state index contributed by atoms with van der Waals surface area (Å²) in [5.41, 5.74) is 0.627. The summed E-state index contributed by atoms with van der Waals surface area (Å²) in [5.74, 6) is -0.432. The van der Waals surface area contributed by atoms with Gasteiger partial charge in [0.25, 0.3) is 0 Å². The molecule has 0 aliphatic heterocycles. The number of benzene rings is 2. The van der Waals surface area contributed by atoms with E-state index in [0.29, 0.717) is 29.6 Å². The third-order valence-electron chi connectivity index (χ3n) is 4.78. The predicted molar refractivity (Wildman–Crippen MR) is 118 cm³/mol. The van der Waals surface area contributed by atoms with Gasteiger partial charge in [-0.15, -0.1) is 10.2 Å². The summed E-state index contributed by atoms with van der Waals surface area (Å²) in [6.07, 6.45) is 0. The van der Waals surface area contributed by atoms with Crippen molar-refractivity contribution in [3.05, 3.63) is 59.9 Å². The lowest BCUT2D eigenvalue weighted by atomic mass is 10.1. The Morgan fingerprint density at radius 3 is 2.48 bits per heavy atom. The van der Waals surface area contributed by atoms with Gasteiger partial charge in [0.1, 0.15) is 5.82 Å². The van der Waals surface area contributed by atoms with Crippen molar-refractivity contribution in [2.75, 3.05) is 18.8 Å². The summed E-state index contributed by atoms with van der Waals surface area (Å²) in [5, 5.41) is 8.74. The Morgan fingerprint density at radius 2 is 1.81 bits per heavy atom. The van der Waals surface area contributed by atoms with E-state index in [-0.39, 0.29) is 22.0 Å². The van der Waals surface area contributed by atoms with Gasteiger partial charge in [0.15, 0.2) is 16.8 Å². The Kier molecular flexibility index (Phi) is 7.24. The molecule has 10 heteroatoms. The van der Waals surface area contributed by atoms with E-state index >= 15 is 0 Å². The first-order valence-electron chi connectivity index (χ1n) is 9.70. The van der Waals surface area contributed by atoms with Crippen LogP contribution in [0.25, 0.3) is 11.4 Å². The molecule has 7 nitrogen and oxygen atoms in total. The van der Waals surface area contributed by atoms with Gasteiger partial charge < -0.3 is 4.57 Å². The summed E-state index contributed by atoms with van der Waals surface area (Å²) < 4.78 is 42.5. The van der Waals surface area contributed by atoms with Crippen molar-refractivity contribution in [1.29, 1.82) is 0 Å². The maximum atomic E-state index is 13.8. The lowest BCUT2D eigenvalue weighted by Gasteiger charge is -2.18. The van der Waals surface area contributed by atoms with Crippen molar-refractivity contribution < 1.29 is 17.6 Å². The molecule has 164 valence electrons. The van der Waals surface area contributed by atoms with Crippen molar-refractivity contribution in [3.8, 4) is 11.4 Å². The molecule has 0 atom stereocenters. The normalized spacial score (nSPS) is 11.8. The summed E-state index contributed by atoms with van der Waals surface area (Å²) >= 11 is 1.14. The smallest absolute Gasteiger partial charge is 0.243 e. The molecule has 0 N–H and O–H groups in total. The molecule has 3 rings (SSSR count). The Morgan fingerprint density at radius 1 is 1.10 bits per heavy atom. The van der Waals surface area contributed by atoms with Crippen LogP contribution in [0.4, 0.5) is 4.39 Å². The van der Waals surface area contributed by atoms with Crippen LogP contribution in [-0.2, 0) is 17.1 Å². The van der Waals surface area contributed by atoms with Crippen LogP contribution in [0.5, 0.6) is 0 Å². The molecule has 2 aromatic carbocycles. The Balaban J connectivity index is 1.82. The number of aromatic nitrogens is 3. The average molecular weight is 463 g/mol. The fraction of sp³-hybridized carbons (Fsp3) is 0.286. The van der Waals surface area contributed by atoms with Crippen LogP contribution in [-0.4, -0.2) is 52.1 Å². The van der Waals surface area contributed by atoms with E-state index in [4.69, 9.17) is 0 Å². The second-order valence-electron chi connectivity index (χ2n) is 6.67. The molecule has 31 heavy (non-hydrogen) atoms. The molecule has 0 fully saturated rings. The molecule has 0 bridgehead atoms. The Hall–Kier alpha value is -2.56. The van der Waals surface area contributed by atoms with Crippen molar-refractivity contribution in [1.82, 2.24) is 19.1 Å². The minimum atomic E-state index is -3.60. The third kappa shape index (κ3) is 4.86. The van der Waals surface area contributed by atoms with Crippen molar-refractivity contribution in [2.45, 2.75) is 23.9 Å². The molecule has 1 heterocycles. The van der Waals surface area contributed by atoms with Gasteiger partial charge in [-0.2, -0.15) is 4.31 Å². The molecule has 0 saturated heterocycles. The zero-order chi connectivity index (χ0) is 22.6. The van der Waals surface area contributed by atoms with Gasteiger partial charge in [0.2, 0.25) is 10.0 Å². The van der Waals surface area contributed by atoms with E-state index in [9.17, 15) is 17.6 Å². The highest BCUT2D eigenvalue weighted by Gasteiger charge is 2.23. The van der Waals surface area contributed by atoms with Gasteiger partial charge >= 0.3 is 0 Å². The molecule has 0 radical (unpaired) electrons. The first-order valence-corrected chi connectivity index (χ1v) is 12.1. The highest BCUT2D eigenvalue weighted by Crippen LogP contribution is 2.26. The third-order valence-corrected chi connectivity index (χ3v) is 7.84. The van der Waals surface area contributed by atoms with Crippen LogP contribution in [0.15, 0.2) is 58.6 Å². The molecule has 1 aromatic heterocycles. The number of halogens is 1. The average Bonchev–Trinajstić information content (AvgIpc) is 3.13. The lowest BCUT2D eigenvalue weighted by Crippen LogP contribution is -2.30. The van der Waals surface area contributed by atoms with Gasteiger partial charge in [0, 0.05) is 25.7 Å². The minimum absolute atomic E-state index is 0.00326. The quantitative estimate of drug-likeness (QED) is 0.357. The van der Waals surface area contributed by atoms with Gasteiger partial charge in [-0.3, -0.25) is 4.79 Å². The predicted octanol–water partition coefficient (Wildman–Crippen LogP) is 3.63. The number of hydrogen-bond acceptors (Lipinski definition) is 6. The number of Topliss-reactive ketones (excluding diaryl/α,β-unsaturated/α-hetero) is 1. The second kappa shape index (κ2) is 9.71.